The molecule has 114 valence electrons. The van der Waals surface area contributed by atoms with Gasteiger partial charge in [-0.15, -0.1) is 24.0 Å². The molecule has 0 saturated carbocycles. The maximum absolute atomic E-state index is 13.6. The zero-order valence-corrected chi connectivity index (χ0v) is 14.4. The quantitative estimate of drug-likeness (QED) is 0.470. The van der Waals surface area contributed by atoms with E-state index in [2.05, 4.69) is 11.9 Å². The summed E-state index contributed by atoms with van der Waals surface area (Å²) in [6.45, 7) is 4.20. The van der Waals surface area contributed by atoms with Crippen LogP contribution in [0.4, 0.5) is 4.39 Å². The Kier molecular flexibility index (Phi) is 6.89. The van der Waals surface area contributed by atoms with Crippen LogP contribution in [-0.2, 0) is 6.54 Å². The Bertz CT molecular complexity index is 545. The van der Waals surface area contributed by atoms with E-state index in [9.17, 15) is 4.39 Å². The lowest BCUT2D eigenvalue weighted by Gasteiger charge is -2.31. The minimum absolute atomic E-state index is 0. The Balaban J connectivity index is 0.00000220. The van der Waals surface area contributed by atoms with Gasteiger partial charge in [0.05, 0.1) is 18.2 Å². The number of rotatable bonds is 2. The molecule has 1 aliphatic heterocycles. The molecule has 0 atom stereocenters. The molecule has 1 saturated heterocycles. The Labute approximate surface area is 141 Å². The van der Waals surface area contributed by atoms with E-state index < -0.39 is 0 Å². The van der Waals surface area contributed by atoms with Crippen molar-refractivity contribution in [2.24, 2.45) is 16.6 Å². The van der Waals surface area contributed by atoms with Crippen molar-refractivity contribution in [1.82, 2.24) is 4.90 Å². The highest BCUT2D eigenvalue weighted by atomic mass is 127. The van der Waals surface area contributed by atoms with Crippen LogP contribution in [0, 0.1) is 23.1 Å². The largest absolute Gasteiger partial charge is 0.370 e. The molecule has 1 aliphatic rings. The van der Waals surface area contributed by atoms with Crippen LogP contribution >= 0.6 is 24.0 Å². The van der Waals surface area contributed by atoms with E-state index in [1.165, 1.54) is 18.2 Å². The fourth-order valence-corrected chi connectivity index (χ4v) is 2.27. The molecule has 1 aromatic rings. The zero-order valence-electron chi connectivity index (χ0n) is 12.1. The summed E-state index contributed by atoms with van der Waals surface area (Å²) in [6.07, 6.45) is 2.21. The van der Waals surface area contributed by atoms with Crippen molar-refractivity contribution < 1.29 is 4.39 Å². The maximum atomic E-state index is 13.6. The summed E-state index contributed by atoms with van der Waals surface area (Å²) in [5.74, 6) is 0.829. The summed E-state index contributed by atoms with van der Waals surface area (Å²) < 4.78 is 13.6. The van der Waals surface area contributed by atoms with Gasteiger partial charge in [-0.05, 0) is 37.0 Å². The molecule has 0 bridgehead atoms. The van der Waals surface area contributed by atoms with Gasteiger partial charge in [0, 0.05) is 18.7 Å². The van der Waals surface area contributed by atoms with E-state index in [1.54, 1.807) is 0 Å². The lowest BCUT2D eigenvalue weighted by atomic mass is 10.00. The molecule has 0 spiro atoms. The van der Waals surface area contributed by atoms with Crippen LogP contribution in [0.25, 0.3) is 0 Å². The first kappa shape index (κ1) is 17.7. The Morgan fingerprint density at radius 2 is 2.14 bits per heavy atom. The van der Waals surface area contributed by atoms with Gasteiger partial charge in [-0.1, -0.05) is 6.92 Å². The predicted molar refractivity (Wildman–Crippen MR) is 91.8 cm³/mol. The van der Waals surface area contributed by atoms with Gasteiger partial charge in [0.25, 0.3) is 0 Å². The molecule has 2 rings (SSSR count). The van der Waals surface area contributed by atoms with Crippen molar-refractivity contribution in [1.29, 1.82) is 5.26 Å². The standard InChI is InChI=1S/C15H19FN4.HI/c1-11-4-6-20(7-5-11)15(18)19-10-13-8-12(9-17)2-3-14(13)16;/h2-3,8,11H,4-7,10H2,1H3,(H2,18,19);1H. The van der Waals surface area contributed by atoms with Crippen LogP contribution in [0.1, 0.15) is 30.9 Å². The third-order valence-electron chi connectivity index (χ3n) is 3.69. The maximum Gasteiger partial charge on any atom is 0.191 e. The van der Waals surface area contributed by atoms with E-state index in [4.69, 9.17) is 11.0 Å². The highest BCUT2D eigenvalue weighted by Gasteiger charge is 2.17. The summed E-state index contributed by atoms with van der Waals surface area (Å²) in [5, 5.41) is 8.82. The van der Waals surface area contributed by atoms with E-state index in [-0.39, 0.29) is 36.3 Å². The molecule has 1 fully saturated rings. The molecule has 2 N–H and O–H groups in total. The summed E-state index contributed by atoms with van der Waals surface area (Å²) in [7, 11) is 0. The normalized spacial score (nSPS) is 16.2. The SMILES string of the molecule is CC1CCN(C(N)=NCc2cc(C#N)ccc2F)CC1.I. The Morgan fingerprint density at radius 1 is 1.48 bits per heavy atom. The van der Waals surface area contributed by atoms with Crippen molar-refractivity contribution in [2.45, 2.75) is 26.3 Å². The fraction of sp³-hybridized carbons (Fsp3) is 0.467. The molecule has 0 amide bonds. The van der Waals surface area contributed by atoms with Crippen LogP contribution in [0.2, 0.25) is 0 Å². The van der Waals surface area contributed by atoms with Crippen LogP contribution in [-0.4, -0.2) is 23.9 Å². The molecule has 21 heavy (non-hydrogen) atoms. The van der Waals surface area contributed by atoms with E-state index >= 15 is 0 Å². The van der Waals surface area contributed by atoms with Crippen molar-refractivity contribution in [3.8, 4) is 6.07 Å². The topological polar surface area (TPSA) is 65.4 Å². The molecular weight excluding hydrogens is 382 g/mol. The highest BCUT2D eigenvalue weighted by Crippen LogP contribution is 2.16. The first-order valence-corrected chi connectivity index (χ1v) is 6.83. The van der Waals surface area contributed by atoms with Crippen LogP contribution in [0.3, 0.4) is 0 Å². The van der Waals surface area contributed by atoms with Gasteiger partial charge in [-0.25, -0.2) is 9.38 Å². The number of aliphatic imine (C=N–C) groups is 1. The van der Waals surface area contributed by atoms with E-state index in [0.29, 0.717) is 17.1 Å². The van der Waals surface area contributed by atoms with Gasteiger partial charge in [-0.3, -0.25) is 0 Å². The number of guanidine groups is 1. The molecule has 1 heterocycles. The number of nitrogens with zero attached hydrogens (tertiary/aromatic N) is 3. The summed E-state index contributed by atoms with van der Waals surface area (Å²) in [6, 6.07) is 6.26. The molecule has 0 aliphatic carbocycles. The minimum Gasteiger partial charge on any atom is -0.370 e. The highest BCUT2D eigenvalue weighted by molar-refractivity contribution is 14.0. The first-order valence-electron chi connectivity index (χ1n) is 6.83. The van der Waals surface area contributed by atoms with Gasteiger partial charge >= 0.3 is 0 Å². The number of hydrogen-bond acceptors (Lipinski definition) is 2. The summed E-state index contributed by atoms with van der Waals surface area (Å²) in [5.41, 5.74) is 6.78. The van der Waals surface area contributed by atoms with Crippen molar-refractivity contribution in [2.75, 3.05) is 13.1 Å². The number of hydrogen-bond donors (Lipinski definition) is 1. The second kappa shape index (κ2) is 8.17. The number of nitriles is 1. The summed E-state index contributed by atoms with van der Waals surface area (Å²) in [4.78, 5) is 6.28. The van der Waals surface area contributed by atoms with Gasteiger partial charge in [-0.2, -0.15) is 5.26 Å². The van der Waals surface area contributed by atoms with Crippen molar-refractivity contribution in [3.63, 3.8) is 0 Å². The zero-order chi connectivity index (χ0) is 14.5. The molecule has 0 radical (unpaired) electrons. The lowest BCUT2D eigenvalue weighted by Crippen LogP contribution is -2.42. The molecule has 0 unspecified atom stereocenters. The van der Waals surface area contributed by atoms with Crippen LogP contribution < -0.4 is 5.73 Å². The third-order valence-corrected chi connectivity index (χ3v) is 3.69. The molecule has 1 aromatic carbocycles. The van der Waals surface area contributed by atoms with Gasteiger partial charge in [0.1, 0.15) is 5.82 Å². The number of likely N-dealkylation sites (tertiary alicyclic amines) is 1. The average molecular weight is 402 g/mol. The van der Waals surface area contributed by atoms with E-state index in [0.717, 1.165) is 31.8 Å². The van der Waals surface area contributed by atoms with Crippen molar-refractivity contribution in [3.05, 3.63) is 35.1 Å². The fourth-order valence-electron chi connectivity index (χ4n) is 2.27. The van der Waals surface area contributed by atoms with Crippen LogP contribution in [0.5, 0.6) is 0 Å². The Morgan fingerprint density at radius 3 is 2.76 bits per heavy atom. The molecule has 4 nitrogen and oxygen atoms in total. The number of benzene rings is 1. The Hall–Kier alpha value is -1.36. The second-order valence-corrected chi connectivity index (χ2v) is 5.26. The summed E-state index contributed by atoms with van der Waals surface area (Å²) >= 11 is 0. The van der Waals surface area contributed by atoms with Crippen LogP contribution in [0.15, 0.2) is 23.2 Å². The molecule has 0 aromatic heterocycles. The van der Waals surface area contributed by atoms with E-state index in [1.807, 2.05) is 11.0 Å². The second-order valence-electron chi connectivity index (χ2n) is 5.26. The number of nitrogens with two attached hydrogens (primary N) is 1. The number of halogens is 2. The van der Waals surface area contributed by atoms with Gasteiger partial charge in [0.15, 0.2) is 5.96 Å². The molecular formula is C15H20FIN4. The lowest BCUT2D eigenvalue weighted by molar-refractivity contribution is 0.277. The average Bonchev–Trinajstić information content (AvgIpc) is 2.47. The van der Waals surface area contributed by atoms with Crippen molar-refractivity contribution >= 4 is 29.9 Å². The first-order chi connectivity index (χ1) is 9.60. The minimum atomic E-state index is -0.354. The smallest absolute Gasteiger partial charge is 0.191 e. The van der Waals surface area contributed by atoms with Gasteiger partial charge < -0.3 is 10.6 Å². The van der Waals surface area contributed by atoms with Gasteiger partial charge in [0.2, 0.25) is 0 Å². The monoisotopic (exact) mass is 402 g/mol. The predicted octanol–water partition coefficient (Wildman–Crippen LogP) is 2.86. The number of piperidine rings is 1. The third kappa shape index (κ3) is 4.84. The molecule has 6 heteroatoms.